The van der Waals surface area contributed by atoms with Crippen LogP contribution in [0.2, 0.25) is 5.02 Å². The van der Waals surface area contributed by atoms with Gasteiger partial charge in [-0.15, -0.1) is 0 Å². The first kappa shape index (κ1) is 19.8. The van der Waals surface area contributed by atoms with Crippen LogP contribution in [0.15, 0.2) is 36.4 Å². The Labute approximate surface area is 152 Å². The van der Waals surface area contributed by atoms with E-state index in [1.54, 1.807) is 12.1 Å². The molecule has 0 saturated heterocycles. The fourth-order valence-corrected chi connectivity index (χ4v) is 2.50. The maximum absolute atomic E-state index is 14.6. The Morgan fingerprint density at radius 3 is 2.24 bits per heavy atom. The van der Waals surface area contributed by atoms with E-state index in [9.17, 15) is 8.78 Å². The number of rotatable bonds is 8. The van der Waals surface area contributed by atoms with E-state index in [2.05, 4.69) is 0 Å². The summed E-state index contributed by atoms with van der Waals surface area (Å²) in [7, 11) is 0. The van der Waals surface area contributed by atoms with Gasteiger partial charge in [0.25, 0.3) is 0 Å². The van der Waals surface area contributed by atoms with Crippen LogP contribution in [0.25, 0.3) is 0 Å². The molecule has 1 unspecified atom stereocenters. The Bertz CT molecular complexity index is 687. The lowest BCUT2D eigenvalue weighted by molar-refractivity contribution is 0.0520. The van der Waals surface area contributed by atoms with Crippen molar-refractivity contribution in [2.45, 2.75) is 52.6 Å². The zero-order chi connectivity index (χ0) is 18.4. The van der Waals surface area contributed by atoms with E-state index in [4.69, 9.17) is 21.1 Å². The molecule has 5 heteroatoms. The molecule has 0 aliphatic rings. The van der Waals surface area contributed by atoms with E-state index >= 15 is 0 Å². The van der Waals surface area contributed by atoms with Gasteiger partial charge in [-0.2, -0.15) is 0 Å². The van der Waals surface area contributed by atoms with Crippen molar-refractivity contribution in [3.05, 3.63) is 69.7 Å². The van der Waals surface area contributed by atoms with Gasteiger partial charge in [-0.1, -0.05) is 29.8 Å². The van der Waals surface area contributed by atoms with Crippen molar-refractivity contribution in [1.29, 1.82) is 0 Å². The molecule has 0 N–H and O–H groups in total. The Morgan fingerprint density at radius 2 is 1.60 bits per heavy atom. The van der Waals surface area contributed by atoms with Crippen LogP contribution in [0, 0.1) is 11.6 Å². The van der Waals surface area contributed by atoms with Crippen molar-refractivity contribution < 1.29 is 18.3 Å². The van der Waals surface area contributed by atoms with Crippen LogP contribution in [0.1, 0.15) is 37.5 Å². The molecule has 0 aromatic heterocycles. The van der Waals surface area contributed by atoms with Gasteiger partial charge in [0.1, 0.15) is 11.6 Å². The molecular weight excluding hydrogens is 346 g/mol. The quantitative estimate of drug-likeness (QED) is 0.595. The lowest BCUT2D eigenvalue weighted by atomic mass is 10.0. The number of ether oxygens (including phenoxy) is 2. The zero-order valence-electron chi connectivity index (χ0n) is 14.7. The van der Waals surface area contributed by atoms with Gasteiger partial charge < -0.3 is 9.47 Å². The van der Waals surface area contributed by atoms with Crippen molar-refractivity contribution in [2.24, 2.45) is 0 Å². The fourth-order valence-electron chi connectivity index (χ4n) is 2.37. The molecular formula is C20H23ClF2O2. The number of benzene rings is 2. The minimum Gasteiger partial charge on any atom is -0.374 e. The summed E-state index contributed by atoms with van der Waals surface area (Å²) in [4.78, 5) is 0. The van der Waals surface area contributed by atoms with Gasteiger partial charge >= 0.3 is 0 Å². The van der Waals surface area contributed by atoms with Crippen molar-refractivity contribution >= 4 is 11.6 Å². The van der Waals surface area contributed by atoms with E-state index in [-0.39, 0.29) is 24.4 Å². The van der Waals surface area contributed by atoms with Gasteiger partial charge in [0.15, 0.2) is 0 Å². The highest BCUT2D eigenvalue weighted by molar-refractivity contribution is 6.30. The second kappa shape index (κ2) is 9.27. The normalized spacial score (nSPS) is 12.6. The van der Waals surface area contributed by atoms with Gasteiger partial charge in [0.2, 0.25) is 0 Å². The third kappa shape index (κ3) is 6.07. The Hall–Kier alpha value is -1.49. The first-order valence-electron chi connectivity index (χ1n) is 8.30. The number of hydrogen-bond acceptors (Lipinski definition) is 2. The predicted molar refractivity (Wildman–Crippen MR) is 95.7 cm³/mol. The Morgan fingerprint density at radius 1 is 0.920 bits per heavy atom. The molecule has 1 atom stereocenters. The van der Waals surface area contributed by atoms with Gasteiger partial charge in [-0.3, -0.25) is 0 Å². The average Bonchev–Trinajstić information content (AvgIpc) is 2.56. The molecule has 0 bridgehead atoms. The lowest BCUT2D eigenvalue weighted by Gasteiger charge is -2.16. The second-order valence-electron chi connectivity index (χ2n) is 6.31. The summed E-state index contributed by atoms with van der Waals surface area (Å²) in [6, 6.07) is 10.1. The topological polar surface area (TPSA) is 18.5 Å². The monoisotopic (exact) mass is 368 g/mol. The molecule has 136 valence electrons. The SMILES string of the molecule is CC(C)OCc1c(F)ccc(CC(C)OCc2ccc(Cl)cc2)c1F. The van der Waals surface area contributed by atoms with Crippen LogP contribution in [-0.2, 0) is 29.1 Å². The molecule has 0 fully saturated rings. The highest BCUT2D eigenvalue weighted by Crippen LogP contribution is 2.21. The molecule has 2 aromatic carbocycles. The van der Waals surface area contributed by atoms with E-state index < -0.39 is 11.6 Å². The lowest BCUT2D eigenvalue weighted by Crippen LogP contribution is -2.14. The molecule has 0 aliphatic carbocycles. The fraction of sp³-hybridized carbons (Fsp3) is 0.400. The average molecular weight is 369 g/mol. The van der Waals surface area contributed by atoms with Crippen molar-refractivity contribution in [1.82, 2.24) is 0 Å². The summed E-state index contributed by atoms with van der Waals surface area (Å²) in [5.41, 5.74) is 1.38. The predicted octanol–water partition coefficient (Wildman–Crippen LogP) is 5.69. The molecule has 0 amide bonds. The summed E-state index contributed by atoms with van der Waals surface area (Å²) in [5.74, 6) is -1.14. The summed E-state index contributed by atoms with van der Waals surface area (Å²) < 4.78 is 39.5. The second-order valence-corrected chi connectivity index (χ2v) is 6.75. The minimum atomic E-state index is -0.586. The molecule has 0 radical (unpaired) electrons. The molecule has 0 aliphatic heterocycles. The molecule has 0 spiro atoms. The van der Waals surface area contributed by atoms with Crippen LogP contribution in [0.5, 0.6) is 0 Å². The Kier molecular flexibility index (Phi) is 7.36. The van der Waals surface area contributed by atoms with Gasteiger partial charge in [0, 0.05) is 17.0 Å². The molecule has 2 rings (SSSR count). The van der Waals surface area contributed by atoms with Crippen LogP contribution in [0.4, 0.5) is 8.78 Å². The highest BCUT2D eigenvalue weighted by atomic mass is 35.5. The van der Waals surface area contributed by atoms with E-state index in [1.165, 1.54) is 12.1 Å². The summed E-state index contributed by atoms with van der Waals surface area (Å²) in [5, 5.41) is 0.668. The van der Waals surface area contributed by atoms with Crippen molar-refractivity contribution in [3.8, 4) is 0 Å². The standard InChI is InChI=1S/C20H23ClF2O2/c1-13(2)24-12-18-19(22)9-6-16(20(18)23)10-14(3)25-11-15-4-7-17(21)8-5-15/h4-9,13-14H,10-12H2,1-3H3. The first-order chi connectivity index (χ1) is 11.9. The van der Waals surface area contributed by atoms with E-state index in [0.717, 1.165) is 5.56 Å². The number of halogens is 3. The van der Waals surface area contributed by atoms with Gasteiger partial charge in [0.05, 0.1) is 25.4 Å². The van der Waals surface area contributed by atoms with Crippen LogP contribution < -0.4 is 0 Å². The molecule has 2 nitrogen and oxygen atoms in total. The van der Waals surface area contributed by atoms with Gasteiger partial charge in [-0.25, -0.2) is 8.78 Å². The third-order valence-corrected chi connectivity index (χ3v) is 4.03. The van der Waals surface area contributed by atoms with Gasteiger partial charge in [-0.05, 0) is 50.1 Å². The summed E-state index contributed by atoms with van der Waals surface area (Å²) >= 11 is 5.85. The molecule has 0 saturated carbocycles. The molecule has 25 heavy (non-hydrogen) atoms. The van der Waals surface area contributed by atoms with Crippen LogP contribution in [0.3, 0.4) is 0 Å². The van der Waals surface area contributed by atoms with E-state index in [0.29, 0.717) is 23.6 Å². The van der Waals surface area contributed by atoms with Crippen molar-refractivity contribution in [2.75, 3.05) is 0 Å². The highest BCUT2D eigenvalue weighted by Gasteiger charge is 2.16. The first-order valence-corrected chi connectivity index (χ1v) is 8.68. The van der Waals surface area contributed by atoms with Crippen LogP contribution >= 0.6 is 11.6 Å². The minimum absolute atomic E-state index is 0.0314. The molecule has 2 aromatic rings. The maximum Gasteiger partial charge on any atom is 0.134 e. The zero-order valence-corrected chi connectivity index (χ0v) is 15.4. The smallest absolute Gasteiger partial charge is 0.134 e. The van der Waals surface area contributed by atoms with Crippen molar-refractivity contribution in [3.63, 3.8) is 0 Å². The Balaban J connectivity index is 1.98. The summed E-state index contributed by atoms with van der Waals surface area (Å²) in [6.45, 7) is 5.84. The molecule has 0 heterocycles. The summed E-state index contributed by atoms with van der Waals surface area (Å²) in [6.07, 6.45) is 0.0487. The maximum atomic E-state index is 14.6. The largest absolute Gasteiger partial charge is 0.374 e. The van der Waals surface area contributed by atoms with E-state index in [1.807, 2.05) is 32.9 Å². The number of hydrogen-bond donors (Lipinski definition) is 0. The van der Waals surface area contributed by atoms with Crippen LogP contribution in [-0.4, -0.2) is 12.2 Å². The third-order valence-electron chi connectivity index (χ3n) is 3.78.